The predicted molar refractivity (Wildman–Crippen MR) is 136 cm³/mol. The Kier molecular flexibility index (Phi) is 5.42. The van der Waals surface area contributed by atoms with Crippen LogP contribution in [0.2, 0.25) is 0 Å². The van der Waals surface area contributed by atoms with Crippen molar-refractivity contribution in [2.75, 3.05) is 10.6 Å². The van der Waals surface area contributed by atoms with Crippen LogP contribution in [0.4, 0.5) is 22.7 Å². The van der Waals surface area contributed by atoms with Crippen LogP contribution >= 0.6 is 0 Å². The zero-order chi connectivity index (χ0) is 21.8. The van der Waals surface area contributed by atoms with Gasteiger partial charge in [-0.1, -0.05) is 91.0 Å². The lowest BCUT2D eigenvalue weighted by atomic mass is 9.98. The van der Waals surface area contributed by atoms with Gasteiger partial charge in [0.1, 0.15) is 0 Å². The van der Waals surface area contributed by atoms with Crippen molar-refractivity contribution in [1.82, 2.24) is 0 Å². The lowest BCUT2D eigenvalue weighted by molar-refractivity contribution is 1.28. The molecule has 32 heavy (non-hydrogen) atoms. The Morgan fingerprint density at radius 1 is 0.406 bits per heavy atom. The maximum atomic E-state index is 5.84. The number of rotatable bonds is 5. The van der Waals surface area contributed by atoms with Crippen LogP contribution in [0.15, 0.2) is 133 Å². The SMILES string of the molecule is Nc1ccc(-c2ccc(-c3ccccc3N(c3ccccc3)c3ccccc3)cc2)cc1. The average Bonchev–Trinajstić information content (AvgIpc) is 2.87. The minimum absolute atomic E-state index is 0.779. The van der Waals surface area contributed by atoms with Crippen LogP contribution in [0.3, 0.4) is 0 Å². The number of nitrogens with zero attached hydrogens (tertiary/aromatic N) is 1. The van der Waals surface area contributed by atoms with Gasteiger partial charge in [-0.05, 0) is 59.2 Å². The minimum Gasteiger partial charge on any atom is -0.399 e. The van der Waals surface area contributed by atoms with Crippen molar-refractivity contribution < 1.29 is 0 Å². The van der Waals surface area contributed by atoms with Gasteiger partial charge in [0, 0.05) is 22.6 Å². The fourth-order valence-electron chi connectivity index (χ4n) is 4.01. The molecule has 0 fully saturated rings. The van der Waals surface area contributed by atoms with E-state index in [0.29, 0.717) is 0 Å². The lowest BCUT2D eigenvalue weighted by Crippen LogP contribution is -2.10. The normalized spacial score (nSPS) is 10.6. The Morgan fingerprint density at radius 3 is 1.41 bits per heavy atom. The minimum atomic E-state index is 0.779. The molecular formula is C30H24N2. The maximum Gasteiger partial charge on any atom is 0.0540 e. The third-order valence-corrected chi connectivity index (χ3v) is 5.61. The van der Waals surface area contributed by atoms with Crippen molar-refractivity contribution in [3.8, 4) is 22.3 Å². The Labute approximate surface area is 189 Å². The molecule has 2 nitrogen and oxygen atoms in total. The third kappa shape index (κ3) is 3.99. The first-order chi connectivity index (χ1) is 15.8. The molecule has 0 unspecified atom stereocenters. The van der Waals surface area contributed by atoms with Gasteiger partial charge in [-0.15, -0.1) is 0 Å². The highest BCUT2D eigenvalue weighted by Gasteiger charge is 2.16. The summed E-state index contributed by atoms with van der Waals surface area (Å²) in [6.45, 7) is 0. The number of anilines is 4. The molecule has 0 saturated heterocycles. The van der Waals surface area contributed by atoms with Crippen LogP contribution in [-0.4, -0.2) is 0 Å². The van der Waals surface area contributed by atoms with Gasteiger partial charge in [0.25, 0.3) is 0 Å². The first kappa shape index (κ1) is 19.7. The molecule has 0 saturated carbocycles. The number of hydrogen-bond acceptors (Lipinski definition) is 2. The molecule has 5 rings (SSSR count). The predicted octanol–water partition coefficient (Wildman–Crippen LogP) is 8.07. The van der Waals surface area contributed by atoms with Gasteiger partial charge in [0.15, 0.2) is 0 Å². The topological polar surface area (TPSA) is 29.3 Å². The van der Waals surface area contributed by atoms with Crippen LogP contribution in [0.1, 0.15) is 0 Å². The van der Waals surface area contributed by atoms with E-state index in [1.807, 2.05) is 12.1 Å². The van der Waals surface area contributed by atoms with E-state index in [-0.39, 0.29) is 0 Å². The molecule has 0 spiro atoms. The van der Waals surface area contributed by atoms with Crippen LogP contribution in [0.25, 0.3) is 22.3 Å². The molecule has 0 bridgehead atoms. The molecule has 0 radical (unpaired) electrons. The Balaban J connectivity index is 1.59. The number of nitrogen functional groups attached to an aromatic ring is 1. The van der Waals surface area contributed by atoms with Crippen LogP contribution in [-0.2, 0) is 0 Å². The highest BCUT2D eigenvalue weighted by molar-refractivity contribution is 5.88. The largest absolute Gasteiger partial charge is 0.399 e. The smallest absolute Gasteiger partial charge is 0.0540 e. The summed E-state index contributed by atoms with van der Waals surface area (Å²) in [4.78, 5) is 2.31. The first-order valence-electron chi connectivity index (χ1n) is 10.8. The molecular weight excluding hydrogens is 388 g/mol. The summed E-state index contributed by atoms with van der Waals surface area (Å²) in [5, 5.41) is 0. The number of benzene rings is 5. The van der Waals surface area contributed by atoms with Gasteiger partial charge in [-0.3, -0.25) is 0 Å². The summed E-state index contributed by atoms with van der Waals surface area (Å²) in [5.41, 5.74) is 14.7. The second-order valence-electron chi connectivity index (χ2n) is 7.72. The monoisotopic (exact) mass is 412 g/mol. The molecule has 5 aromatic rings. The van der Waals surface area contributed by atoms with Crippen LogP contribution in [0.5, 0.6) is 0 Å². The third-order valence-electron chi connectivity index (χ3n) is 5.61. The summed E-state index contributed by atoms with van der Waals surface area (Å²) in [6, 6.07) is 46.3. The molecule has 0 atom stereocenters. The van der Waals surface area contributed by atoms with Crippen molar-refractivity contribution in [1.29, 1.82) is 0 Å². The Hall–Kier alpha value is -4.30. The number of para-hydroxylation sites is 3. The molecule has 5 aromatic carbocycles. The van der Waals surface area contributed by atoms with Crippen molar-refractivity contribution in [3.05, 3.63) is 133 Å². The molecule has 0 aliphatic rings. The van der Waals surface area contributed by atoms with Crippen LogP contribution in [0, 0.1) is 0 Å². The molecule has 154 valence electrons. The number of nitrogens with two attached hydrogens (primary N) is 1. The lowest BCUT2D eigenvalue weighted by Gasteiger charge is -2.27. The van der Waals surface area contributed by atoms with Crippen LogP contribution < -0.4 is 10.6 Å². The summed E-state index contributed by atoms with van der Waals surface area (Å²) >= 11 is 0. The molecule has 0 amide bonds. The van der Waals surface area contributed by atoms with E-state index in [1.165, 1.54) is 16.7 Å². The first-order valence-corrected chi connectivity index (χ1v) is 10.8. The fraction of sp³-hybridized carbons (Fsp3) is 0. The van der Waals surface area contributed by atoms with Crippen molar-refractivity contribution in [3.63, 3.8) is 0 Å². The summed E-state index contributed by atoms with van der Waals surface area (Å²) in [7, 11) is 0. The Bertz CT molecular complexity index is 1250. The molecule has 2 N–H and O–H groups in total. The van der Waals surface area contributed by atoms with E-state index >= 15 is 0 Å². The van der Waals surface area contributed by atoms with Crippen molar-refractivity contribution in [2.45, 2.75) is 0 Å². The summed E-state index contributed by atoms with van der Waals surface area (Å²) in [6.07, 6.45) is 0. The van der Waals surface area contributed by atoms with Gasteiger partial charge >= 0.3 is 0 Å². The van der Waals surface area contributed by atoms with Gasteiger partial charge in [0.05, 0.1) is 5.69 Å². The van der Waals surface area contributed by atoms with E-state index in [1.54, 1.807) is 0 Å². The highest BCUT2D eigenvalue weighted by Crippen LogP contribution is 2.40. The zero-order valence-electron chi connectivity index (χ0n) is 17.7. The van der Waals surface area contributed by atoms with Gasteiger partial charge < -0.3 is 10.6 Å². The molecule has 0 aromatic heterocycles. The summed E-state index contributed by atoms with van der Waals surface area (Å²) < 4.78 is 0. The quantitative estimate of drug-likeness (QED) is 0.296. The Morgan fingerprint density at radius 2 is 0.844 bits per heavy atom. The average molecular weight is 413 g/mol. The van der Waals surface area contributed by atoms with E-state index < -0.39 is 0 Å². The number of hydrogen-bond donors (Lipinski definition) is 1. The molecule has 0 aliphatic carbocycles. The highest BCUT2D eigenvalue weighted by atomic mass is 15.1. The fourth-order valence-corrected chi connectivity index (χ4v) is 4.01. The summed E-state index contributed by atoms with van der Waals surface area (Å²) in [5.74, 6) is 0. The molecule has 0 heterocycles. The van der Waals surface area contributed by atoms with Gasteiger partial charge in [-0.25, -0.2) is 0 Å². The van der Waals surface area contributed by atoms with Crippen molar-refractivity contribution in [2.24, 2.45) is 0 Å². The molecule has 2 heteroatoms. The zero-order valence-corrected chi connectivity index (χ0v) is 17.7. The van der Waals surface area contributed by atoms with E-state index in [9.17, 15) is 0 Å². The standard InChI is InChI=1S/C30H24N2/c31-26-21-19-24(20-22-26)23-15-17-25(18-16-23)29-13-7-8-14-30(29)32(27-9-3-1-4-10-27)28-11-5-2-6-12-28/h1-22H,31H2. The van der Waals surface area contributed by atoms with Gasteiger partial charge in [0.2, 0.25) is 0 Å². The molecule has 0 aliphatic heterocycles. The second kappa shape index (κ2) is 8.83. The van der Waals surface area contributed by atoms with Gasteiger partial charge in [-0.2, -0.15) is 0 Å². The van der Waals surface area contributed by atoms with E-state index in [4.69, 9.17) is 5.73 Å². The maximum absolute atomic E-state index is 5.84. The van der Waals surface area contributed by atoms with Crippen molar-refractivity contribution >= 4 is 22.7 Å². The van der Waals surface area contributed by atoms with E-state index in [2.05, 4.69) is 126 Å². The second-order valence-corrected chi connectivity index (χ2v) is 7.72. The van der Waals surface area contributed by atoms with E-state index in [0.717, 1.165) is 28.3 Å².